The van der Waals surface area contributed by atoms with Gasteiger partial charge in [0.05, 0.1) is 4.90 Å². The summed E-state index contributed by atoms with van der Waals surface area (Å²) in [6.45, 7) is 0.238. The molecule has 5 rings (SSSR count). The topological polar surface area (TPSA) is 141 Å². The van der Waals surface area contributed by atoms with Crippen LogP contribution in [0.2, 0.25) is 0 Å². The molecule has 3 aromatic rings. The smallest absolute Gasteiger partial charge is 0.303 e. The Morgan fingerprint density at radius 1 is 0.850 bits per heavy atom. The van der Waals surface area contributed by atoms with E-state index in [0.717, 1.165) is 22.3 Å². The lowest BCUT2D eigenvalue weighted by Gasteiger charge is -2.32. The highest BCUT2D eigenvalue weighted by atomic mass is 32.2. The average molecular weight is 563 g/mol. The molecule has 0 radical (unpaired) electrons. The van der Waals surface area contributed by atoms with E-state index in [0.29, 0.717) is 18.5 Å². The van der Waals surface area contributed by atoms with Crippen molar-refractivity contribution in [1.82, 2.24) is 4.31 Å². The summed E-state index contributed by atoms with van der Waals surface area (Å²) in [5.41, 5.74) is 2.97. The summed E-state index contributed by atoms with van der Waals surface area (Å²) in [6.07, 6.45) is 1.02. The zero-order chi connectivity index (χ0) is 28.5. The number of sulfonamides is 1. The molecule has 0 aromatic heterocycles. The summed E-state index contributed by atoms with van der Waals surface area (Å²) in [5.74, 6) is -2.41. The first-order chi connectivity index (χ1) is 19.1. The number of carboxylic acid groups (broad SMARTS) is 2. The van der Waals surface area contributed by atoms with Crippen molar-refractivity contribution in [3.05, 3.63) is 83.9 Å². The SMILES string of the molecule is O=C(O)CCC1(CCC(=O)O)c2ccccc2-c2ccc(NC(=O)C3CCCN3S(=O)(=O)c3ccccc3)cc21. The van der Waals surface area contributed by atoms with E-state index in [-0.39, 0.29) is 37.1 Å². The van der Waals surface area contributed by atoms with Crippen LogP contribution in [0, 0.1) is 0 Å². The number of hydrogen-bond acceptors (Lipinski definition) is 5. The Morgan fingerprint density at radius 2 is 1.48 bits per heavy atom. The lowest BCUT2D eigenvalue weighted by atomic mass is 9.71. The van der Waals surface area contributed by atoms with Crippen molar-refractivity contribution in [2.45, 2.75) is 54.9 Å². The number of carboxylic acids is 2. The maximum Gasteiger partial charge on any atom is 0.303 e. The molecule has 3 aromatic carbocycles. The van der Waals surface area contributed by atoms with Crippen LogP contribution in [0.5, 0.6) is 0 Å². The number of aliphatic carboxylic acids is 2. The molecule has 1 amide bonds. The third-order valence-electron chi connectivity index (χ3n) is 7.92. The number of nitrogens with one attached hydrogen (secondary N) is 1. The molecule has 0 spiro atoms. The van der Waals surface area contributed by atoms with Crippen LogP contribution in [-0.2, 0) is 29.8 Å². The van der Waals surface area contributed by atoms with Gasteiger partial charge in [0.25, 0.3) is 0 Å². The maximum atomic E-state index is 13.4. The van der Waals surface area contributed by atoms with Crippen molar-refractivity contribution in [3.63, 3.8) is 0 Å². The van der Waals surface area contributed by atoms with E-state index >= 15 is 0 Å². The molecular formula is C30H30N2O7S. The van der Waals surface area contributed by atoms with Gasteiger partial charge >= 0.3 is 11.9 Å². The molecule has 0 saturated carbocycles. The Hall–Kier alpha value is -4.02. The number of nitrogens with zero attached hydrogens (tertiary/aromatic N) is 1. The molecule has 0 bridgehead atoms. The van der Waals surface area contributed by atoms with Crippen LogP contribution < -0.4 is 5.32 Å². The van der Waals surface area contributed by atoms with Gasteiger partial charge in [-0.2, -0.15) is 4.31 Å². The van der Waals surface area contributed by atoms with Crippen LogP contribution in [0.1, 0.15) is 49.7 Å². The van der Waals surface area contributed by atoms with Gasteiger partial charge in [0.15, 0.2) is 0 Å². The van der Waals surface area contributed by atoms with E-state index in [1.165, 1.54) is 16.4 Å². The minimum Gasteiger partial charge on any atom is -0.481 e. The van der Waals surface area contributed by atoms with Crippen LogP contribution in [0.25, 0.3) is 11.1 Å². The van der Waals surface area contributed by atoms with Crippen molar-refractivity contribution in [3.8, 4) is 11.1 Å². The van der Waals surface area contributed by atoms with Crippen LogP contribution in [0.4, 0.5) is 5.69 Å². The average Bonchev–Trinajstić information content (AvgIpc) is 3.54. The zero-order valence-electron chi connectivity index (χ0n) is 21.7. The van der Waals surface area contributed by atoms with Gasteiger partial charge in [0, 0.05) is 30.5 Å². The zero-order valence-corrected chi connectivity index (χ0v) is 22.6. The lowest BCUT2D eigenvalue weighted by molar-refractivity contribution is -0.137. The molecule has 1 heterocycles. The Kier molecular flexibility index (Phi) is 7.48. The molecule has 1 atom stereocenters. The molecular weight excluding hydrogens is 532 g/mol. The molecule has 1 unspecified atom stereocenters. The second-order valence-corrected chi connectivity index (χ2v) is 12.1. The summed E-state index contributed by atoms with van der Waals surface area (Å²) in [7, 11) is -3.86. The fourth-order valence-corrected chi connectivity index (χ4v) is 7.76. The van der Waals surface area contributed by atoms with Gasteiger partial charge in [-0.3, -0.25) is 14.4 Å². The number of hydrogen-bond donors (Lipinski definition) is 3. The van der Waals surface area contributed by atoms with Gasteiger partial charge in [-0.1, -0.05) is 48.5 Å². The largest absolute Gasteiger partial charge is 0.481 e. The molecule has 208 valence electrons. The molecule has 1 saturated heterocycles. The Balaban J connectivity index is 1.48. The molecule has 10 heteroatoms. The fourth-order valence-electron chi connectivity index (χ4n) is 6.08. The van der Waals surface area contributed by atoms with Gasteiger partial charge < -0.3 is 15.5 Å². The standard InChI is InChI=1S/C30H30N2O7S/c33-27(34)14-16-30(17-15-28(35)36)24-10-5-4-9-22(24)23-13-12-20(19-25(23)30)31-29(37)26-11-6-18-32(26)40(38,39)21-7-2-1-3-8-21/h1-5,7-10,12-13,19,26H,6,11,14-18H2,(H,31,37)(H,33,34)(H,35,36). The molecule has 1 aliphatic carbocycles. The van der Waals surface area contributed by atoms with Crippen molar-refractivity contribution in [2.24, 2.45) is 0 Å². The number of carbonyl (C=O) groups is 3. The third kappa shape index (κ3) is 5.00. The van der Waals surface area contributed by atoms with Crippen LogP contribution >= 0.6 is 0 Å². The van der Waals surface area contributed by atoms with E-state index in [4.69, 9.17) is 0 Å². The number of carbonyl (C=O) groups excluding carboxylic acids is 1. The molecule has 3 N–H and O–H groups in total. The summed E-state index contributed by atoms with van der Waals surface area (Å²) < 4.78 is 27.8. The van der Waals surface area contributed by atoms with Gasteiger partial charge in [0.1, 0.15) is 6.04 Å². The number of anilines is 1. The predicted octanol–water partition coefficient (Wildman–Crippen LogP) is 4.47. The van der Waals surface area contributed by atoms with Crippen molar-refractivity contribution in [1.29, 1.82) is 0 Å². The van der Waals surface area contributed by atoms with Gasteiger partial charge in [-0.15, -0.1) is 0 Å². The second-order valence-electron chi connectivity index (χ2n) is 10.3. The Morgan fingerprint density at radius 3 is 2.15 bits per heavy atom. The summed E-state index contributed by atoms with van der Waals surface area (Å²) in [5, 5.41) is 21.9. The van der Waals surface area contributed by atoms with E-state index in [9.17, 15) is 33.0 Å². The van der Waals surface area contributed by atoms with E-state index < -0.39 is 39.3 Å². The fraction of sp³-hybridized carbons (Fsp3) is 0.300. The summed E-state index contributed by atoms with van der Waals surface area (Å²) in [4.78, 5) is 36.8. The van der Waals surface area contributed by atoms with Crippen LogP contribution in [-0.4, -0.2) is 53.4 Å². The highest BCUT2D eigenvalue weighted by molar-refractivity contribution is 7.89. The van der Waals surface area contributed by atoms with Gasteiger partial charge in [0.2, 0.25) is 15.9 Å². The molecule has 1 fully saturated rings. The van der Waals surface area contributed by atoms with Crippen molar-refractivity contribution < 1.29 is 33.0 Å². The molecule has 9 nitrogen and oxygen atoms in total. The number of amides is 1. The highest BCUT2D eigenvalue weighted by Gasteiger charge is 2.44. The van der Waals surface area contributed by atoms with E-state index in [1.54, 1.807) is 30.3 Å². The second kappa shape index (κ2) is 10.9. The minimum absolute atomic E-state index is 0.131. The number of fused-ring (bicyclic) bond motifs is 3. The van der Waals surface area contributed by atoms with E-state index in [2.05, 4.69) is 5.32 Å². The normalized spacial score (nSPS) is 17.6. The quantitative estimate of drug-likeness (QED) is 0.331. The summed E-state index contributed by atoms with van der Waals surface area (Å²) >= 11 is 0. The Labute approximate surface area is 232 Å². The number of benzene rings is 3. The first-order valence-corrected chi connectivity index (χ1v) is 14.6. The maximum absolute atomic E-state index is 13.4. The Bertz CT molecular complexity index is 1550. The minimum atomic E-state index is -3.86. The number of rotatable bonds is 10. The van der Waals surface area contributed by atoms with Gasteiger partial charge in [-0.05, 0) is 72.2 Å². The van der Waals surface area contributed by atoms with Crippen molar-refractivity contribution in [2.75, 3.05) is 11.9 Å². The first-order valence-electron chi connectivity index (χ1n) is 13.2. The van der Waals surface area contributed by atoms with E-state index in [1.807, 2.05) is 30.3 Å². The summed E-state index contributed by atoms with van der Waals surface area (Å²) in [6, 6.07) is 20.1. The molecule has 2 aliphatic rings. The van der Waals surface area contributed by atoms with Crippen molar-refractivity contribution >= 4 is 33.6 Å². The van der Waals surface area contributed by atoms with Crippen LogP contribution in [0.15, 0.2) is 77.7 Å². The third-order valence-corrected chi connectivity index (χ3v) is 9.85. The first kappa shape index (κ1) is 27.5. The lowest BCUT2D eigenvalue weighted by Crippen LogP contribution is -2.43. The molecule has 1 aliphatic heterocycles. The monoisotopic (exact) mass is 562 g/mol. The van der Waals surface area contributed by atoms with Gasteiger partial charge in [-0.25, -0.2) is 8.42 Å². The molecule has 40 heavy (non-hydrogen) atoms. The van der Waals surface area contributed by atoms with Crippen LogP contribution in [0.3, 0.4) is 0 Å². The predicted molar refractivity (Wildman–Crippen MR) is 148 cm³/mol. The highest BCUT2D eigenvalue weighted by Crippen LogP contribution is 2.54.